The van der Waals surface area contributed by atoms with Crippen molar-refractivity contribution in [2.24, 2.45) is 5.41 Å². The molecule has 1 saturated heterocycles. The van der Waals surface area contributed by atoms with Crippen molar-refractivity contribution in [2.45, 2.75) is 59.9 Å². The largest absolute Gasteiger partial charge is 0.340 e. The fourth-order valence-corrected chi connectivity index (χ4v) is 3.14. The predicted molar refractivity (Wildman–Crippen MR) is 88.6 cm³/mol. The summed E-state index contributed by atoms with van der Waals surface area (Å²) in [6, 6.07) is 0. The van der Waals surface area contributed by atoms with Gasteiger partial charge in [-0.3, -0.25) is 0 Å². The van der Waals surface area contributed by atoms with Crippen molar-refractivity contribution in [3.05, 3.63) is 17.5 Å². The summed E-state index contributed by atoms with van der Waals surface area (Å²) in [5.74, 6) is 0.913. The van der Waals surface area contributed by atoms with Crippen LogP contribution < -0.4 is 10.2 Å². The third-order valence-electron chi connectivity index (χ3n) is 5.03. The van der Waals surface area contributed by atoms with E-state index in [1.807, 2.05) is 6.20 Å². The van der Waals surface area contributed by atoms with Crippen molar-refractivity contribution < 1.29 is 0 Å². The molecule has 0 aromatic carbocycles. The van der Waals surface area contributed by atoms with Gasteiger partial charge in [0.15, 0.2) is 0 Å². The Kier molecular flexibility index (Phi) is 5.57. The lowest BCUT2D eigenvalue weighted by molar-refractivity contribution is 0.301. The number of anilines is 1. The Bertz CT molecular complexity index is 454. The Morgan fingerprint density at radius 2 is 2.05 bits per heavy atom. The minimum atomic E-state index is 0.471. The zero-order chi connectivity index (χ0) is 15.3. The Morgan fingerprint density at radius 3 is 2.62 bits per heavy atom. The lowest BCUT2D eigenvalue weighted by atomic mass is 9.82. The van der Waals surface area contributed by atoms with Crippen LogP contribution in [0.1, 0.15) is 57.7 Å². The number of hydrogen-bond acceptors (Lipinski definition) is 4. The minimum absolute atomic E-state index is 0.471. The van der Waals surface area contributed by atoms with Gasteiger partial charge in [0.1, 0.15) is 0 Å². The smallest absolute Gasteiger partial charge is 0.225 e. The third-order valence-corrected chi connectivity index (χ3v) is 5.03. The highest BCUT2D eigenvalue weighted by Crippen LogP contribution is 2.38. The molecule has 0 bridgehead atoms. The van der Waals surface area contributed by atoms with Crippen LogP contribution >= 0.6 is 0 Å². The zero-order valence-corrected chi connectivity index (χ0v) is 14.1. The summed E-state index contributed by atoms with van der Waals surface area (Å²) in [6.07, 6.45) is 6.92. The van der Waals surface area contributed by atoms with Crippen LogP contribution in [0.4, 0.5) is 5.95 Å². The molecule has 0 amide bonds. The van der Waals surface area contributed by atoms with E-state index in [0.29, 0.717) is 5.41 Å². The standard InChI is InChI=1S/C17H30N4/c1-5-9-18-11-15-12-19-16(20-14(15)4)21-10-8-17(6-2,7-3)13-21/h12,18H,5-11,13H2,1-4H3. The van der Waals surface area contributed by atoms with E-state index in [4.69, 9.17) is 4.98 Å². The molecule has 1 aliphatic heterocycles. The van der Waals surface area contributed by atoms with Crippen LogP contribution in [0, 0.1) is 12.3 Å². The first-order valence-corrected chi connectivity index (χ1v) is 8.42. The first-order chi connectivity index (χ1) is 10.1. The summed E-state index contributed by atoms with van der Waals surface area (Å²) < 4.78 is 0. The van der Waals surface area contributed by atoms with E-state index in [1.54, 1.807) is 0 Å². The lowest BCUT2D eigenvalue weighted by Gasteiger charge is -2.26. The van der Waals surface area contributed by atoms with Crippen molar-refractivity contribution >= 4 is 5.95 Å². The minimum Gasteiger partial charge on any atom is -0.340 e. The molecule has 1 N–H and O–H groups in total. The van der Waals surface area contributed by atoms with Gasteiger partial charge in [0, 0.05) is 37.1 Å². The molecule has 1 fully saturated rings. The van der Waals surface area contributed by atoms with Crippen molar-refractivity contribution in [1.82, 2.24) is 15.3 Å². The summed E-state index contributed by atoms with van der Waals surface area (Å²) in [4.78, 5) is 11.7. The number of aryl methyl sites for hydroxylation is 1. The fraction of sp³-hybridized carbons (Fsp3) is 0.765. The average molecular weight is 290 g/mol. The van der Waals surface area contributed by atoms with E-state index in [1.165, 1.54) is 24.8 Å². The van der Waals surface area contributed by atoms with Gasteiger partial charge in [-0.25, -0.2) is 9.97 Å². The predicted octanol–water partition coefficient (Wildman–Crippen LogP) is 3.30. The van der Waals surface area contributed by atoms with E-state index in [9.17, 15) is 0 Å². The Hall–Kier alpha value is -1.16. The second-order valence-electron chi connectivity index (χ2n) is 6.34. The summed E-state index contributed by atoms with van der Waals surface area (Å²) in [5.41, 5.74) is 2.79. The van der Waals surface area contributed by atoms with Crippen LogP contribution in [-0.4, -0.2) is 29.6 Å². The van der Waals surface area contributed by atoms with Gasteiger partial charge in [-0.05, 0) is 44.6 Å². The molecule has 118 valence electrons. The summed E-state index contributed by atoms with van der Waals surface area (Å²) >= 11 is 0. The Labute approximate surface area is 129 Å². The summed E-state index contributed by atoms with van der Waals surface area (Å²) in [6.45, 7) is 13.0. The van der Waals surface area contributed by atoms with Gasteiger partial charge in [-0.2, -0.15) is 0 Å². The second-order valence-corrected chi connectivity index (χ2v) is 6.34. The lowest BCUT2D eigenvalue weighted by Crippen LogP contribution is -2.27. The second kappa shape index (κ2) is 7.21. The number of nitrogens with zero attached hydrogens (tertiary/aromatic N) is 3. The molecular formula is C17H30N4. The van der Waals surface area contributed by atoms with Crippen molar-refractivity contribution in [1.29, 1.82) is 0 Å². The van der Waals surface area contributed by atoms with Crippen molar-refractivity contribution in [3.63, 3.8) is 0 Å². The topological polar surface area (TPSA) is 41.1 Å². The highest BCUT2D eigenvalue weighted by molar-refractivity contribution is 5.35. The van der Waals surface area contributed by atoms with Crippen LogP contribution in [0.5, 0.6) is 0 Å². The normalized spacial score (nSPS) is 17.4. The van der Waals surface area contributed by atoms with Gasteiger partial charge >= 0.3 is 0 Å². The molecule has 0 unspecified atom stereocenters. The van der Waals surface area contributed by atoms with Crippen LogP contribution in [0.2, 0.25) is 0 Å². The van der Waals surface area contributed by atoms with Gasteiger partial charge in [-0.1, -0.05) is 20.8 Å². The van der Waals surface area contributed by atoms with E-state index in [2.05, 4.69) is 42.9 Å². The molecule has 1 aromatic heterocycles. The Morgan fingerprint density at radius 1 is 1.29 bits per heavy atom. The Balaban J connectivity index is 2.03. The molecule has 0 atom stereocenters. The maximum atomic E-state index is 4.74. The van der Waals surface area contributed by atoms with Crippen LogP contribution in [-0.2, 0) is 6.54 Å². The monoisotopic (exact) mass is 290 g/mol. The molecule has 1 aliphatic rings. The molecule has 0 spiro atoms. The van der Waals surface area contributed by atoms with E-state index < -0.39 is 0 Å². The number of nitrogens with one attached hydrogen (secondary N) is 1. The maximum absolute atomic E-state index is 4.74. The molecule has 1 aromatic rings. The number of rotatable bonds is 7. The highest BCUT2D eigenvalue weighted by atomic mass is 15.3. The molecule has 2 rings (SSSR count). The van der Waals surface area contributed by atoms with Crippen LogP contribution in [0.15, 0.2) is 6.20 Å². The van der Waals surface area contributed by atoms with E-state index >= 15 is 0 Å². The van der Waals surface area contributed by atoms with Crippen LogP contribution in [0.25, 0.3) is 0 Å². The van der Waals surface area contributed by atoms with Gasteiger partial charge < -0.3 is 10.2 Å². The number of aromatic nitrogens is 2. The molecule has 0 saturated carbocycles. The molecule has 21 heavy (non-hydrogen) atoms. The maximum Gasteiger partial charge on any atom is 0.225 e. The average Bonchev–Trinajstić information content (AvgIpc) is 2.94. The fourth-order valence-electron chi connectivity index (χ4n) is 3.14. The van der Waals surface area contributed by atoms with Crippen molar-refractivity contribution in [2.75, 3.05) is 24.5 Å². The first-order valence-electron chi connectivity index (χ1n) is 8.42. The zero-order valence-electron chi connectivity index (χ0n) is 14.1. The highest BCUT2D eigenvalue weighted by Gasteiger charge is 2.35. The molecular weight excluding hydrogens is 260 g/mol. The molecule has 0 radical (unpaired) electrons. The summed E-state index contributed by atoms with van der Waals surface area (Å²) in [7, 11) is 0. The molecule has 4 nitrogen and oxygen atoms in total. The number of hydrogen-bond donors (Lipinski definition) is 1. The first kappa shape index (κ1) is 16.2. The van der Waals surface area contributed by atoms with Crippen molar-refractivity contribution in [3.8, 4) is 0 Å². The van der Waals surface area contributed by atoms with Crippen LogP contribution in [0.3, 0.4) is 0 Å². The van der Waals surface area contributed by atoms with Gasteiger partial charge in [0.25, 0.3) is 0 Å². The molecule has 0 aliphatic carbocycles. The molecule has 4 heteroatoms. The third kappa shape index (κ3) is 3.73. The van der Waals surface area contributed by atoms with Gasteiger partial charge in [0.05, 0.1) is 0 Å². The quantitative estimate of drug-likeness (QED) is 0.782. The van der Waals surface area contributed by atoms with Gasteiger partial charge in [0.2, 0.25) is 5.95 Å². The van der Waals surface area contributed by atoms with E-state index in [-0.39, 0.29) is 0 Å². The van der Waals surface area contributed by atoms with E-state index in [0.717, 1.165) is 44.2 Å². The SMILES string of the molecule is CCCNCc1cnc(N2CCC(CC)(CC)C2)nc1C. The van der Waals surface area contributed by atoms with Gasteiger partial charge in [-0.15, -0.1) is 0 Å². The molecule has 2 heterocycles. The summed E-state index contributed by atoms with van der Waals surface area (Å²) in [5, 5.41) is 3.42.